The van der Waals surface area contributed by atoms with Gasteiger partial charge in [0.05, 0.1) is 12.7 Å². The first-order valence-corrected chi connectivity index (χ1v) is 3.75. The SMILES string of the molecule is O=S(=O)(O)CC1CO1.[NaH]. The van der Waals surface area contributed by atoms with Crippen molar-refractivity contribution < 1.29 is 17.7 Å². The Morgan fingerprint density at radius 3 is 2.22 bits per heavy atom. The van der Waals surface area contributed by atoms with E-state index in [1.54, 1.807) is 0 Å². The summed E-state index contributed by atoms with van der Waals surface area (Å²) >= 11 is 0. The first-order valence-electron chi connectivity index (χ1n) is 2.15. The summed E-state index contributed by atoms with van der Waals surface area (Å²) in [5, 5.41) is 0. The molecule has 0 spiro atoms. The Hall–Kier alpha value is 0.870. The molecule has 1 rings (SSSR count). The van der Waals surface area contributed by atoms with Gasteiger partial charge in [-0.05, 0) is 0 Å². The van der Waals surface area contributed by atoms with Crippen LogP contribution in [-0.4, -0.2) is 61.0 Å². The normalized spacial score (nSPS) is 24.8. The average Bonchev–Trinajstić information content (AvgIpc) is 2.12. The van der Waals surface area contributed by atoms with Crippen LogP contribution in [0.15, 0.2) is 0 Å². The van der Waals surface area contributed by atoms with Crippen LogP contribution in [0.1, 0.15) is 0 Å². The second-order valence-corrected chi connectivity index (χ2v) is 3.20. The average molecular weight is 162 g/mol. The van der Waals surface area contributed by atoms with Gasteiger partial charge in [0.2, 0.25) is 0 Å². The summed E-state index contributed by atoms with van der Waals surface area (Å²) < 4.78 is 32.6. The van der Waals surface area contributed by atoms with E-state index in [4.69, 9.17) is 4.55 Å². The molecule has 0 saturated carbocycles. The van der Waals surface area contributed by atoms with E-state index in [0.717, 1.165) is 0 Å². The van der Waals surface area contributed by atoms with Gasteiger partial charge >= 0.3 is 29.6 Å². The van der Waals surface area contributed by atoms with E-state index in [2.05, 4.69) is 4.74 Å². The van der Waals surface area contributed by atoms with Gasteiger partial charge in [-0.3, -0.25) is 4.55 Å². The predicted molar refractivity (Wildman–Crippen MR) is 33.3 cm³/mol. The van der Waals surface area contributed by atoms with Gasteiger partial charge in [-0.1, -0.05) is 0 Å². The Morgan fingerprint density at radius 2 is 2.11 bits per heavy atom. The molecule has 1 heterocycles. The Balaban J connectivity index is 0.000000640. The maximum atomic E-state index is 9.96. The van der Waals surface area contributed by atoms with E-state index in [9.17, 15) is 8.42 Å². The molecule has 0 bridgehead atoms. The quantitative estimate of drug-likeness (QED) is 0.309. The van der Waals surface area contributed by atoms with E-state index < -0.39 is 10.1 Å². The summed E-state index contributed by atoms with van der Waals surface area (Å²) in [7, 11) is -3.79. The Labute approximate surface area is 75.6 Å². The first kappa shape index (κ1) is 9.87. The summed E-state index contributed by atoms with van der Waals surface area (Å²) in [6, 6.07) is 0. The van der Waals surface area contributed by atoms with Crippen LogP contribution in [0.25, 0.3) is 0 Å². The molecule has 6 heteroatoms. The number of rotatable bonds is 2. The number of hydrogen-bond donors (Lipinski definition) is 1. The molecule has 1 N–H and O–H groups in total. The molecule has 0 amide bonds. The molecule has 0 aliphatic carbocycles. The van der Waals surface area contributed by atoms with Crippen molar-refractivity contribution >= 4 is 39.7 Å². The Morgan fingerprint density at radius 1 is 1.67 bits per heavy atom. The number of epoxide rings is 1. The minimum atomic E-state index is -3.79. The van der Waals surface area contributed by atoms with Crippen LogP contribution in [0.4, 0.5) is 0 Å². The molecule has 4 nitrogen and oxygen atoms in total. The van der Waals surface area contributed by atoms with Crippen LogP contribution >= 0.6 is 0 Å². The molecule has 1 aliphatic rings. The fourth-order valence-electron chi connectivity index (χ4n) is 0.399. The van der Waals surface area contributed by atoms with Gasteiger partial charge in [0, 0.05) is 0 Å². The molecule has 1 saturated heterocycles. The van der Waals surface area contributed by atoms with Crippen molar-refractivity contribution in [3.63, 3.8) is 0 Å². The van der Waals surface area contributed by atoms with Gasteiger partial charge in [0.25, 0.3) is 10.1 Å². The molecule has 1 unspecified atom stereocenters. The zero-order chi connectivity index (χ0) is 6.20. The third-order valence-electron chi connectivity index (χ3n) is 0.799. The molecular formula is C3H7NaO4S. The molecular weight excluding hydrogens is 155 g/mol. The zero-order valence-corrected chi connectivity index (χ0v) is 4.89. The molecule has 50 valence electrons. The van der Waals surface area contributed by atoms with Crippen LogP contribution in [0.3, 0.4) is 0 Å². The third kappa shape index (κ3) is 5.32. The molecule has 0 aromatic heterocycles. The molecule has 1 atom stereocenters. The van der Waals surface area contributed by atoms with Crippen LogP contribution in [0.2, 0.25) is 0 Å². The fourth-order valence-corrected chi connectivity index (χ4v) is 1.06. The standard InChI is InChI=1S/C3H6O4S.Na.H/c4-8(5,6)2-3-1-7-3;;/h3H,1-2H2,(H,4,5,6);;. The molecule has 1 fully saturated rings. The summed E-state index contributed by atoms with van der Waals surface area (Å²) in [5.74, 6) is -0.257. The van der Waals surface area contributed by atoms with Gasteiger partial charge in [0.15, 0.2) is 0 Å². The van der Waals surface area contributed by atoms with Gasteiger partial charge in [0.1, 0.15) is 5.75 Å². The van der Waals surface area contributed by atoms with Gasteiger partial charge in [-0.25, -0.2) is 0 Å². The van der Waals surface area contributed by atoms with Crippen molar-refractivity contribution in [2.75, 3.05) is 12.4 Å². The molecule has 9 heavy (non-hydrogen) atoms. The van der Waals surface area contributed by atoms with Crippen LogP contribution < -0.4 is 0 Å². The monoisotopic (exact) mass is 162 g/mol. The number of ether oxygens (including phenoxy) is 1. The van der Waals surface area contributed by atoms with Crippen molar-refractivity contribution in [2.45, 2.75) is 6.10 Å². The predicted octanol–water partition coefficient (Wildman–Crippen LogP) is -1.38. The number of hydrogen-bond acceptors (Lipinski definition) is 3. The minimum absolute atomic E-state index is 0. The van der Waals surface area contributed by atoms with E-state index >= 15 is 0 Å². The van der Waals surface area contributed by atoms with Gasteiger partial charge in [-0.15, -0.1) is 0 Å². The maximum absolute atomic E-state index is 9.96. The summed E-state index contributed by atoms with van der Waals surface area (Å²) in [6.45, 7) is 0.458. The second-order valence-electron chi connectivity index (χ2n) is 1.70. The van der Waals surface area contributed by atoms with Crippen molar-refractivity contribution in [3.8, 4) is 0 Å². The van der Waals surface area contributed by atoms with Crippen LogP contribution in [0, 0.1) is 0 Å². The van der Waals surface area contributed by atoms with Crippen molar-refractivity contribution in [1.82, 2.24) is 0 Å². The van der Waals surface area contributed by atoms with E-state index in [0.29, 0.717) is 6.61 Å². The Bertz CT molecular complexity index is 170. The molecule has 0 aromatic rings. The summed E-state index contributed by atoms with van der Waals surface area (Å²) in [6.07, 6.45) is -0.245. The van der Waals surface area contributed by atoms with Crippen molar-refractivity contribution in [3.05, 3.63) is 0 Å². The van der Waals surface area contributed by atoms with Crippen LogP contribution in [0.5, 0.6) is 0 Å². The molecule has 0 radical (unpaired) electrons. The molecule has 1 aliphatic heterocycles. The van der Waals surface area contributed by atoms with Gasteiger partial charge < -0.3 is 4.74 Å². The van der Waals surface area contributed by atoms with Crippen molar-refractivity contribution in [1.29, 1.82) is 0 Å². The molecule has 0 aromatic carbocycles. The second kappa shape index (κ2) is 3.32. The summed E-state index contributed by atoms with van der Waals surface area (Å²) in [5.41, 5.74) is 0. The van der Waals surface area contributed by atoms with E-state index in [-0.39, 0.29) is 41.4 Å². The topological polar surface area (TPSA) is 66.9 Å². The Kier molecular flexibility index (Phi) is 3.64. The van der Waals surface area contributed by atoms with Crippen LogP contribution in [-0.2, 0) is 14.9 Å². The van der Waals surface area contributed by atoms with Crippen molar-refractivity contribution in [2.24, 2.45) is 0 Å². The van der Waals surface area contributed by atoms with E-state index in [1.807, 2.05) is 0 Å². The zero-order valence-electron chi connectivity index (χ0n) is 4.07. The van der Waals surface area contributed by atoms with Gasteiger partial charge in [-0.2, -0.15) is 8.42 Å². The fraction of sp³-hybridized carbons (Fsp3) is 1.00. The first-order chi connectivity index (χ1) is 3.58. The van der Waals surface area contributed by atoms with E-state index in [1.165, 1.54) is 0 Å². The third-order valence-corrected chi connectivity index (χ3v) is 1.59. The summed E-state index contributed by atoms with van der Waals surface area (Å²) in [4.78, 5) is 0.